The van der Waals surface area contributed by atoms with E-state index in [0.717, 1.165) is 9.13 Å². The number of aromatic nitrogens is 1. The number of amides is 1. The highest BCUT2D eigenvalue weighted by Crippen LogP contribution is 2.27. The average molecular weight is 482 g/mol. The molecule has 28 heavy (non-hydrogen) atoms. The second kappa shape index (κ2) is 7.75. The van der Waals surface area contributed by atoms with Crippen molar-refractivity contribution in [3.8, 4) is 11.5 Å². The summed E-state index contributed by atoms with van der Waals surface area (Å²) >= 11 is 2.21. The largest absolute Gasteiger partial charge is 0.436 e. The van der Waals surface area contributed by atoms with E-state index in [1.807, 2.05) is 54.6 Å². The van der Waals surface area contributed by atoms with E-state index >= 15 is 0 Å². The lowest BCUT2D eigenvalue weighted by atomic mass is 10.0. The zero-order valence-corrected chi connectivity index (χ0v) is 17.7. The number of halogens is 1. The molecule has 0 aliphatic carbocycles. The smallest absolute Gasteiger partial charge is 0.255 e. The number of fused-ring (bicyclic) bond motifs is 1. The van der Waals surface area contributed by atoms with Gasteiger partial charge in [-0.3, -0.25) is 4.79 Å². The fourth-order valence-electron chi connectivity index (χ4n) is 2.94. The Morgan fingerprint density at radius 1 is 1.00 bits per heavy atom. The van der Waals surface area contributed by atoms with Crippen LogP contribution in [-0.4, -0.2) is 10.9 Å². The van der Waals surface area contributed by atoms with Gasteiger partial charge in [0.05, 0.1) is 0 Å². The second-order valence-corrected chi connectivity index (χ2v) is 8.18. The van der Waals surface area contributed by atoms with Crippen molar-refractivity contribution in [2.75, 3.05) is 5.32 Å². The molecule has 3 aromatic carbocycles. The van der Waals surface area contributed by atoms with Gasteiger partial charge in [0, 0.05) is 20.4 Å². The summed E-state index contributed by atoms with van der Waals surface area (Å²) in [5.41, 5.74) is 4.92. The van der Waals surface area contributed by atoms with Gasteiger partial charge >= 0.3 is 0 Å². The van der Waals surface area contributed by atoms with Gasteiger partial charge in [0.1, 0.15) is 5.52 Å². The SMILES string of the molecule is CC(C)c1ccc(-c2nc3cc(NC(=O)c4ccc(I)cc4)ccc3o2)cc1. The number of benzene rings is 3. The summed E-state index contributed by atoms with van der Waals surface area (Å²) in [6.45, 7) is 4.33. The minimum atomic E-state index is -0.149. The Labute approximate surface area is 177 Å². The Morgan fingerprint density at radius 2 is 1.71 bits per heavy atom. The van der Waals surface area contributed by atoms with E-state index in [1.54, 1.807) is 0 Å². The number of hydrogen-bond acceptors (Lipinski definition) is 3. The number of nitrogens with zero attached hydrogens (tertiary/aromatic N) is 1. The average Bonchev–Trinajstić information content (AvgIpc) is 3.12. The van der Waals surface area contributed by atoms with Crippen molar-refractivity contribution in [3.63, 3.8) is 0 Å². The maximum Gasteiger partial charge on any atom is 0.255 e. The molecule has 4 nitrogen and oxygen atoms in total. The lowest BCUT2D eigenvalue weighted by Gasteiger charge is -2.05. The summed E-state index contributed by atoms with van der Waals surface area (Å²) < 4.78 is 6.98. The summed E-state index contributed by atoms with van der Waals surface area (Å²) in [7, 11) is 0. The molecule has 1 N–H and O–H groups in total. The number of oxazole rings is 1. The zero-order valence-electron chi connectivity index (χ0n) is 15.6. The molecule has 0 aliphatic heterocycles. The van der Waals surface area contributed by atoms with E-state index in [-0.39, 0.29) is 5.91 Å². The molecule has 1 amide bonds. The van der Waals surface area contributed by atoms with E-state index in [2.05, 4.69) is 58.9 Å². The van der Waals surface area contributed by atoms with Gasteiger partial charge in [-0.1, -0.05) is 26.0 Å². The fraction of sp³-hybridized carbons (Fsp3) is 0.130. The van der Waals surface area contributed by atoms with Crippen molar-refractivity contribution < 1.29 is 9.21 Å². The first-order chi connectivity index (χ1) is 13.5. The first-order valence-corrected chi connectivity index (χ1v) is 10.2. The van der Waals surface area contributed by atoms with Gasteiger partial charge < -0.3 is 9.73 Å². The Kier molecular flexibility index (Phi) is 5.17. The molecular formula is C23H19IN2O2. The van der Waals surface area contributed by atoms with Gasteiger partial charge in [0.2, 0.25) is 5.89 Å². The maximum atomic E-state index is 12.4. The van der Waals surface area contributed by atoms with Crippen LogP contribution in [-0.2, 0) is 0 Å². The standard InChI is InChI=1S/C23H19IN2O2/c1-14(2)15-3-5-17(6-4-15)23-26-20-13-19(11-12-21(20)28-23)25-22(27)16-7-9-18(24)10-8-16/h3-14H,1-2H3,(H,25,27). The van der Waals surface area contributed by atoms with Crippen molar-refractivity contribution in [2.24, 2.45) is 0 Å². The van der Waals surface area contributed by atoms with E-state index in [1.165, 1.54) is 5.56 Å². The second-order valence-electron chi connectivity index (χ2n) is 6.94. The Morgan fingerprint density at radius 3 is 2.39 bits per heavy atom. The Hall–Kier alpha value is -2.67. The maximum absolute atomic E-state index is 12.4. The number of carbonyl (C=O) groups excluding carboxylic acids is 1. The third-order valence-corrected chi connectivity index (χ3v) is 5.30. The van der Waals surface area contributed by atoms with Gasteiger partial charge in [-0.25, -0.2) is 4.98 Å². The van der Waals surface area contributed by atoms with Gasteiger partial charge in [-0.05, 0) is 88.7 Å². The highest BCUT2D eigenvalue weighted by atomic mass is 127. The monoisotopic (exact) mass is 482 g/mol. The first kappa shape index (κ1) is 18.7. The molecule has 5 heteroatoms. The van der Waals surface area contributed by atoms with Crippen LogP contribution in [0.1, 0.15) is 35.7 Å². The number of nitrogens with one attached hydrogen (secondary N) is 1. The molecular weight excluding hydrogens is 463 g/mol. The van der Waals surface area contributed by atoms with E-state index in [4.69, 9.17) is 4.42 Å². The van der Waals surface area contributed by atoms with Crippen LogP contribution >= 0.6 is 22.6 Å². The minimum Gasteiger partial charge on any atom is -0.436 e. The topological polar surface area (TPSA) is 55.1 Å². The molecule has 1 aromatic heterocycles. The molecule has 0 aliphatic rings. The lowest BCUT2D eigenvalue weighted by Crippen LogP contribution is -2.11. The van der Waals surface area contributed by atoms with E-state index in [9.17, 15) is 4.79 Å². The fourth-order valence-corrected chi connectivity index (χ4v) is 3.30. The van der Waals surface area contributed by atoms with Crippen molar-refractivity contribution in [1.29, 1.82) is 0 Å². The van der Waals surface area contributed by atoms with Gasteiger partial charge in [0.15, 0.2) is 5.58 Å². The summed E-state index contributed by atoms with van der Waals surface area (Å²) in [4.78, 5) is 17.0. The van der Waals surface area contributed by atoms with Crippen molar-refractivity contribution in [3.05, 3.63) is 81.4 Å². The number of hydrogen-bond donors (Lipinski definition) is 1. The lowest BCUT2D eigenvalue weighted by molar-refractivity contribution is 0.102. The molecule has 0 atom stereocenters. The molecule has 0 saturated carbocycles. The molecule has 0 radical (unpaired) electrons. The molecule has 1 heterocycles. The molecule has 140 valence electrons. The van der Waals surface area contributed by atoms with Gasteiger partial charge in [-0.2, -0.15) is 0 Å². The van der Waals surface area contributed by atoms with Gasteiger partial charge in [0.25, 0.3) is 5.91 Å². The van der Waals surface area contributed by atoms with E-state index < -0.39 is 0 Å². The van der Waals surface area contributed by atoms with Crippen molar-refractivity contribution in [2.45, 2.75) is 19.8 Å². The quantitative estimate of drug-likeness (QED) is 0.339. The molecule has 4 aromatic rings. The molecule has 0 saturated heterocycles. The number of anilines is 1. The molecule has 0 spiro atoms. The Balaban J connectivity index is 1.57. The van der Waals surface area contributed by atoms with Crippen LogP contribution in [0.4, 0.5) is 5.69 Å². The minimum absolute atomic E-state index is 0.149. The molecule has 0 bridgehead atoms. The van der Waals surface area contributed by atoms with Crippen LogP contribution in [0, 0.1) is 3.57 Å². The van der Waals surface area contributed by atoms with Crippen LogP contribution in [0.2, 0.25) is 0 Å². The summed E-state index contributed by atoms with van der Waals surface area (Å²) in [6.07, 6.45) is 0. The summed E-state index contributed by atoms with van der Waals surface area (Å²) in [5.74, 6) is 0.909. The van der Waals surface area contributed by atoms with Crippen LogP contribution in [0.15, 0.2) is 71.1 Å². The van der Waals surface area contributed by atoms with Crippen molar-refractivity contribution >= 4 is 45.3 Å². The van der Waals surface area contributed by atoms with Crippen molar-refractivity contribution in [1.82, 2.24) is 4.98 Å². The Bertz CT molecular complexity index is 1130. The summed E-state index contributed by atoms with van der Waals surface area (Å²) in [5, 5.41) is 2.92. The first-order valence-electron chi connectivity index (χ1n) is 9.07. The van der Waals surface area contributed by atoms with Crippen LogP contribution in [0.25, 0.3) is 22.6 Å². The van der Waals surface area contributed by atoms with Gasteiger partial charge in [-0.15, -0.1) is 0 Å². The third-order valence-electron chi connectivity index (χ3n) is 4.58. The molecule has 0 unspecified atom stereocenters. The number of carbonyl (C=O) groups is 1. The predicted molar refractivity (Wildman–Crippen MR) is 121 cm³/mol. The van der Waals surface area contributed by atoms with Crippen LogP contribution in [0.3, 0.4) is 0 Å². The number of rotatable bonds is 4. The highest BCUT2D eigenvalue weighted by molar-refractivity contribution is 14.1. The molecule has 4 rings (SSSR count). The normalized spacial score (nSPS) is 11.1. The van der Waals surface area contributed by atoms with Crippen LogP contribution < -0.4 is 5.32 Å². The zero-order chi connectivity index (χ0) is 19.7. The van der Waals surface area contributed by atoms with E-state index in [0.29, 0.717) is 34.2 Å². The third kappa shape index (κ3) is 3.94. The highest BCUT2D eigenvalue weighted by Gasteiger charge is 2.11. The van der Waals surface area contributed by atoms with Crippen LogP contribution in [0.5, 0.6) is 0 Å². The summed E-state index contributed by atoms with van der Waals surface area (Å²) in [6, 6.07) is 21.2. The molecule has 0 fully saturated rings. The predicted octanol–water partition coefficient (Wildman–Crippen LogP) is 6.48.